The van der Waals surface area contributed by atoms with E-state index in [0.717, 1.165) is 5.03 Å². The van der Waals surface area contributed by atoms with Crippen molar-refractivity contribution < 1.29 is 20.4 Å². The van der Waals surface area contributed by atoms with E-state index in [4.69, 9.17) is 11.5 Å². The van der Waals surface area contributed by atoms with Crippen molar-refractivity contribution in [3.8, 4) is 0 Å². The number of hydrogen-bond acceptors (Lipinski definition) is 4. The summed E-state index contributed by atoms with van der Waals surface area (Å²) in [6.45, 7) is 0. The molecule has 0 amide bonds. The van der Waals surface area contributed by atoms with E-state index in [-0.39, 0.29) is 25.8 Å². The molecule has 1 aliphatic heterocycles. The third-order valence-corrected chi connectivity index (χ3v) is 2.90. The van der Waals surface area contributed by atoms with Gasteiger partial charge in [0.25, 0.3) is 0 Å². The van der Waals surface area contributed by atoms with Crippen LogP contribution in [0.4, 0.5) is 0 Å². The topological polar surface area (TPSA) is 52.0 Å². The van der Waals surface area contributed by atoms with Crippen molar-refractivity contribution in [3.05, 3.63) is 11.1 Å². The molecule has 0 saturated carbocycles. The smallest absolute Gasteiger partial charge is 0.0830 e. The Morgan fingerprint density at radius 2 is 2.25 bits per heavy atom. The fraction of sp³-hybridized carbons (Fsp3) is 0.333. The first kappa shape index (κ1) is 8.86. The largest absolute Gasteiger partial charge is 0.393 e. The van der Waals surface area contributed by atoms with Crippen molar-refractivity contribution in [2.24, 2.45) is 11.5 Å². The quantitative estimate of drug-likeness (QED) is 0.637. The summed E-state index contributed by atoms with van der Waals surface area (Å²) in [5, 5.41) is 0.947. The van der Waals surface area contributed by atoms with Gasteiger partial charge < -0.3 is 11.5 Å². The van der Waals surface area contributed by atoms with Gasteiger partial charge in [0, 0.05) is 20.4 Å². The maximum absolute atomic E-state index is 5.41. The molecule has 0 aliphatic carbocycles. The molecule has 1 heterocycles. The van der Waals surface area contributed by atoms with Gasteiger partial charge in [-0.05, 0) is 16.9 Å². The second-order valence-corrected chi connectivity index (χ2v) is 3.67. The van der Waals surface area contributed by atoms with E-state index in [9.17, 15) is 0 Å². The maximum atomic E-state index is 5.41. The maximum Gasteiger partial charge on any atom is 0.0830 e. The van der Waals surface area contributed by atoms with E-state index in [2.05, 4.69) is 0 Å². The van der Waals surface area contributed by atoms with Gasteiger partial charge in [0.2, 0.25) is 0 Å². The summed E-state index contributed by atoms with van der Waals surface area (Å²) in [5.41, 5.74) is 10.8. The van der Waals surface area contributed by atoms with Crippen molar-refractivity contribution in [2.45, 2.75) is 5.37 Å². The van der Waals surface area contributed by atoms with Gasteiger partial charge in [-0.15, -0.1) is 0 Å². The van der Waals surface area contributed by atoms with E-state index in [0.29, 0.717) is 0 Å². The first-order valence-electron chi connectivity index (χ1n) is 1.85. The minimum Gasteiger partial charge on any atom is -0.393 e. The molecular formula is C3H6N2ReS2. The van der Waals surface area contributed by atoms with Crippen molar-refractivity contribution in [1.82, 2.24) is 0 Å². The molecule has 8 heavy (non-hydrogen) atoms. The Morgan fingerprint density at radius 3 is 2.38 bits per heavy atom. The summed E-state index contributed by atoms with van der Waals surface area (Å²) in [4.78, 5) is 0. The molecular weight excluding hydrogens is 314 g/mol. The van der Waals surface area contributed by atoms with Gasteiger partial charge in [0.1, 0.15) is 0 Å². The van der Waals surface area contributed by atoms with Crippen LogP contribution in [0.25, 0.3) is 0 Å². The summed E-state index contributed by atoms with van der Waals surface area (Å²) in [7, 11) is 3.12. The van der Waals surface area contributed by atoms with Crippen LogP contribution in [0.5, 0.6) is 0 Å². The summed E-state index contributed by atoms with van der Waals surface area (Å²) in [6, 6.07) is 0. The van der Waals surface area contributed by atoms with Gasteiger partial charge in [0.05, 0.1) is 10.4 Å². The van der Waals surface area contributed by atoms with Gasteiger partial charge in [-0.2, -0.15) is 0 Å². The van der Waals surface area contributed by atoms with E-state index < -0.39 is 0 Å². The third-order valence-electron chi connectivity index (χ3n) is 0.584. The van der Waals surface area contributed by atoms with E-state index in [1.807, 2.05) is 6.08 Å². The molecule has 47 valence electrons. The molecule has 0 aromatic rings. The van der Waals surface area contributed by atoms with Crippen molar-refractivity contribution >= 4 is 21.6 Å². The predicted molar refractivity (Wildman–Crippen MR) is 35.4 cm³/mol. The van der Waals surface area contributed by atoms with Crippen molar-refractivity contribution in [1.29, 1.82) is 0 Å². The molecule has 0 aromatic carbocycles. The summed E-state index contributed by atoms with van der Waals surface area (Å²) >= 11 is 0. The van der Waals surface area contributed by atoms with Gasteiger partial charge >= 0.3 is 0 Å². The van der Waals surface area contributed by atoms with Crippen LogP contribution < -0.4 is 11.5 Å². The molecule has 4 N–H and O–H groups in total. The molecule has 1 atom stereocenters. The molecule has 0 saturated heterocycles. The zero-order chi connectivity index (χ0) is 5.28. The van der Waals surface area contributed by atoms with Crippen LogP contribution in [0.2, 0.25) is 0 Å². The van der Waals surface area contributed by atoms with Crippen LogP contribution >= 0.6 is 21.6 Å². The second-order valence-electron chi connectivity index (χ2n) is 1.21. The van der Waals surface area contributed by atoms with Crippen LogP contribution in [0, 0.1) is 0 Å². The van der Waals surface area contributed by atoms with Gasteiger partial charge in [-0.25, -0.2) is 0 Å². The van der Waals surface area contributed by atoms with Crippen LogP contribution in [0.3, 0.4) is 0 Å². The van der Waals surface area contributed by atoms with Crippen LogP contribution in [0.15, 0.2) is 11.1 Å². The summed E-state index contributed by atoms with van der Waals surface area (Å²) in [6.07, 6.45) is 1.84. The second kappa shape index (κ2) is 3.81. The zero-order valence-corrected chi connectivity index (χ0v) is 8.35. The van der Waals surface area contributed by atoms with Crippen molar-refractivity contribution in [2.75, 3.05) is 0 Å². The van der Waals surface area contributed by atoms with E-state index >= 15 is 0 Å². The zero-order valence-electron chi connectivity index (χ0n) is 4.00. The third kappa shape index (κ3) is 2.42. The summed E-state index contributed by atoms with van der Waals surface area (Å²) < 4.78 is 0. The average Bonchev–Trinajstić information content (AvgIpc) is 1.87. The molecule has 2 nitrogen and oxygen atoms in total. The van der Waals surface area contributed by atoms with Crippen LogP contribution in [0.1, 0.15) is 0 Å². The number of rotatable bonds is 0. The monoisotopic (exact) mass is 321 g/mol. The molecule has 5 heteroatoms. The fourth-order valence-electron chi connectivity index (χ4n) is 0.329. The first-order valence-corrected chi connectivity index (χ1v) is 4.06. The minimum atomic E-state index is 0. The van der Waals surface area contributed by atoms with E-state index in [1.54, 1.807) is 10.8 Å². The van der Waals surface area contributed by atoms with Gasteiger partial charge in [0.15, 0.2) is 0 Å². The van der Waals surface area contributed by atoms with E-state index in [1.165, 1.54) is 10.8 Å². The summed E-state index contributed by atoms with van der Waals surface area (Å²) in [5.74, 6) is 0. The molecule has 0 fully saturated rings. The first-order chi connectivity index (χ1) is 3.29. The van der Waals surface area contributed by atoms with Crippen molar-refractivity contribution in [3.63, 3.8) is 0 Å². The average molecular weight is 320 g/mol. The SMILES string of the molecule is NC1=CC(N)SS1.[Re]. The van der Waals surface area contributed by atoms with Crippen LogP contribution in [-0.2, 0) is 20.4 Å². The molecule has 0 spiro atoms. The Balaban J connectivity index is 0.000000490. The number of hydrogen-bond donors (Lipinski definition) is 2. The Kier molecular flexibility index (Phi) is 4.22. The Bertz CT molecular complexity index is 105. The van der Waals surface area contributed by atoms with Gasteiger partial charge in [-0.3, -0.25) is 0 Å². The molecule has 0 bridgehead atoms. The van der Waals surface area contributed by atoms with Crippen LogP contribution in [-0.4, -0.2) is 5.37 Å². The molecule has 1 unspecified atom stereocenters. The molecule has 1 aliphatic rings. The molecule has 1 rings (SSSR count). The Labute approximate surface area is 69.9 Å². The minimum absolute atomic E-state index is 0. The number of nitrogens with two attached hydrogens (primary N) is 2. The molecule has 1 radical (unpaired) electrons. The Morgan fingerprint density at radius 1 is 1.62 bits per heavy atom. The standard InChI is InChI=1S/C3H6N2S2.Re/c4-2-1-3(5)7-6-2;/h1-2H,4-5H2;. The predicted octanol–water partition coefficient (Wildman–Crippen LogP) is 0.464. The fourth-order valence-corrected chi connectivity index (χ4v) is 2.04. The van der Waals surface area contributed by atoms with Gasteiger partial charge in [-0.1, -0.05) is 10.8 Å². The molecule has 0 aromatic heterocycles. The normalized spacial score (nSPS) is 26.6. The Hall–Kier alpha value is 0.862.